The predicted octanol–water partition coefficient (Wildman–Crippen LogP) is 4.42. The molecule has 2 unspecified atom stereocenters. The Morgan fingerprint density at radius 1 is 1.16 bits per heavy atom. The molecular formula is C25H33N5O. The molecule has 1 saturated carbocycles. The van der Waals surface area contributed by atoms with Gasteiger partial charge in [0.2, 0.25) is 5.95 Å². The zero-order valence-electron chi connectivity index (χ0n) is 19.0. The molecule has 2 atom stereocenters. The highest BCUT2D eigenvalue weighted by molar-refractivity contribution is 5.76. The van der Waals surface area contributed by atoms with Crippen LogP contribution in [0.15, 0.2) is 47.4 Å². The van der Waals surface area contributed by atoms with Crippen LogP contribution in [-0.2, 0) is 0 Å². The highest BCUT2D eigenvalue weighted by Gasteiger charge is 2.24. The number of fused-ring (bicyclic) bond motifs is 1. The number of nitrogens with one attached hydrogen (secondary N) is 1. The lowest BCUT2D eigenvalue weighted by molar-refractivity contribution is 0.391. The van der Waals surface area contributed by atoms with E-state index in [0.29, 0.717) is 5.95 Å². The molecule has 2 heterocycles. The molecule has 31 heavy (non-hydrogen) atoms. The lowest BCUT2D eigenvalue weighted by Gasteiger charge is -2.22. The first-order valence-electron chi connectivity index (χ1n) is 11.3. The van der Waals surface area contributed by atoms with Gasteiger partial charge in [-0.15, -0.1) is 0 Å². The fraction of sp³-hybridized carbons (Fsp3) is 0.480. The van der Waals surface area contributed by atoms with Crippen LogP contribution >= 0.6 is 0 Å². The molecule has 3 aromatic rings. The minimum Gasteiger partial charge on any atom is -0.350 e. The van der Waals surface area contributed by atoms with Crippen LogP contribution < -0.4 is 10.9 Å². The number of nitrogens with zero attached hydrogens (tertiary/aromatic N) is 4. The van der Waals surface area contributed by atoms with E-state index in [-0.39, 0.29) is 23.6 Å². The van der Waals surface area contributed by atoms with Crippen molar-refractivity contribution in [2.75, 3.05) is 26.0 Å². The lowest BCUT2D eigenvalue weighted by atomic mass is 9.93. The van der Waals surface area contributed by atoms with Crippen molar-refractivity contribution in [3.8, 4) is 0 Å². The first-order valence-corrected chi connectivity index (χ1v) is 11.3. The number of rotatable bonds is 7. The third kappa shape index (κ3) is 4.64. The Bertz CT molecular complexity index is 1090. The molecule has 0 saturated heterocycles. The van der Waals surface area contributed by atoms with Gasteiger partial charge in [0.1, 0.15) is 5.65 Å². The number of aromatic nitrogens is 3. The summed E-state index contributed by atoms with van der Waals surface area (Å²) in [6.45, 7) is 5.10. The third-order valence-corrected chi connectivity index (χ3v) is 6.27. The summed E-state index contributed by atoms with van der Waals surface area (Å²) in [7, 11) is 4.10. The van der Waals surface area contributed by atoms with Gasteiger partial charge in [-0.3, -0.25) is 9.36 Å². The van der Waals surface area contributed by atoms with E-state index in [9.17, 15) is 4.79 Å². The molecule has 1 aromatic carbocycles. The second-order valence-corrected chi connectivity index (χ2v) is 9.13. The van der Waals surface area contributed by atoms with Gasteiger partial charge in [-0.05, 0) is 45.5 Å². The van der Waals surface area contributed by atoms with Crippen LogP contribution in [0.2, 0.25) is 0 Å². The standard InChI is InChI=1S/C25H33N5O/c1-17(16-29(3)4)27-25-26-15-20-14-22(18(2)19-10-6-5-7-11-19)24(31)30(23(20)28-25)21-12-8-9-13-21/h5-7,10-11,14-15,17-18,21H,8-9,12-13,16H2,1-4H3,(H,26,27,28). The Kier molecular flexibility index (Phi) is 6.37. The highest BCUT2D eigenvalue weighted by atomic mass is 16.1. The van der Waals surface area contributed by atoms with E-state index < -0.39 is 0 Å². The Balaban J connectivity index is 1.80. The molecule has 0 aliphatic heterocycles. The average Bonchev–Trinajstić information content (AvgIpc) is 3.27. The number of likely N-dealkylation sites (N-methyl/N-ethyl adjacent to an activating group) is 1. The Hall–Kier alpha value is -2.73. The summed E-state index contributed by atoms with van der Waals surface area (Å²) in [6, 6.07) is 12.6. The second-order valence-electron chi connectivity index (χ2n) is 9.13. The van der Waals surface area contributed by atoms with E-state index in [2.05, 4.69) is 41.2 Å². The van der Waals surface area contributed by atoms with Crippen molar-refractivity contribution in [1.82, 2.24) is 19.4 Å². The van der Waals surface area contributed by atoms with Gasteiger partial charge < -0.3 is 10.2 Å². The van der Waals surface area contributed by atoms with E-state index in [1.807, 2.05) is 49.1 Å². The average molecular weight is 420 g/mol. The number of pyridine rings is 1. The molecule has 6 heteroatoms. The van der Waals surface area contributed by atoms with Gasteiger partial charge in [-0.1, -0.05) is 50.1 Å². The molecule has 4 rings (SSSR count). The predicted molar refractivity (Wildman–Crippen MR) is 127 cm³/mol. The summed E-state index contributed by atoms with van der Waals surface area (Å²) in [4.78, 5) is 25.3. The quantitative estimate of drug-likeness (QED) is 0.614. The van der Waals surface area contributed by atoms with E-state index in [1.165, 1.54) is 0 Å². The first-order chi connectivity index (χ1) is 14.9. The van der Waals surface area contributed by atoms with Gasteiger partial charge in [-0.2, -0.15) is 4.98 Å². The number of hydrogen-bond donors (Lipinski definition) is 1. The smallest absolute Gasteiger partial charge is 0.256 e. The summed E-state index contributed by atoms with van der Waals surface area (Å²) in [5.74, 6) is 0.598. The van der Waals surface area contributed by atoms with Crippen LogP contribution in [0.1, 0.15) is 62.6 Å². The van der Waals surface area contributed by atoms with Crippen molar-refractivity contribution < 1.29 is 0 Å². The zero-order valence-corrected chi connectivity index (χ0v) is 19.0. The normalized spacial score (nSPS) is 16.7. The molecule has 6 nitrogen and oxygen atoms in total. The van der Waals surface area contributed by atoms with Crippen LogP contribution in [0.3, 0.4) is 0 Å². The monoisotopic (exact) mass is 419 g/mol. The first kappa shape index (κ1) is 21.5. The molecule has 0 spiro atoms. The van der Waals surface area contributed by atoms with Gasteiger partial charge in [0.25, 0.3) is 5.56 Å². The van der Waals surface area contributed by atoms with Crippen molar-refractivity contribution in [3.63, 3.8) is 0 Å². The summed E-state index contributed by atoms with van der Waals surface area (Å²) < 4.78 is 1.96. The minimum atomic E-state index is 0.0173. The molecule has 1 fully saturated rings. The Morgan fingerprint density at radius 2 is 1.87 bits per heavy atom. The molecule has 1 aliphatic rings. The highest BCUT2D eigenvalue weighted by Crippen LogP contribution is 2.32. The summed E-state index contributed by atoms with van der Waals surface area (Å²) >= 11 is 0. The van der Waals surface area contributed by atoms with Gasteiger partial charge in [0.15, 0.2) is 0 Å². The number of benzene rings is 1. The fourth-order valence-electron chi connectivity index (χ4n) is 4.76. The molecular weight excluding hydrogens is 386 g/mol. The fourth-order valence-corrected chi connectivity index (χ4v) is 4.76. The van der Waals surface area contributed by atoms with Crippen LogP contribution in [0.4, 0.5) is 5.95 Å². The molecule has 0 radical (unpaired) electrons. The Morgan fingerprint density at radius 3 is 2.55 bits per heavy atom. The zero-order chi connectivity index (χ0) is 22.0. The summed E-state index contributed by atoms with van der Waals surface area (Å²) in [5.41, 5.74) is 2.79. The minimum absolute atomic E-state index is 0.0173. The van der Waals surface area contributed by atoms with Crippen molar-refractivity contribution in [3.05, 3.63) is 64.1 Å². The van der Waals surface area contributed by atoms with Crippen molar-refractivity contribution >= 4 is 17.0 Å². The maximum Gasteiger partial charge on any atom is 0.256 e. The van der Waals surface area contributed by atoms with E-state index in [4.69, 9.17) is 4.98 Å². The molecule has 1 aliphatic carbocycles. The molecule has 0 bridgehead atoms. The van der Waals surface area contributed by atoms with Gasteiger partial charge >= 0.3 is 0 Å². The van der Waals surface area contributed by atoms with Crippen molar-refractivity contribution in [2.24, 2.45) is 0 Å². The molecule has 1 N–H and O–H groups in total. The van der Waals surface area contributed by atoms with Crippen molar-refractivity contribution in [1.29, 1.82) is 0 Å². The van der Waals surface area contributed by atoms with Crippen LogP contribution in [0, 0.1) is 0 Å². The van der Waals surface area contributed by atoms with Crippen LogP contribution in [-0.4, -0.2) is 46.1 Å². The number of anilines is 1. The second kappa shape index (κ2) is 9.18. The number of hydrogen-bond acceptors (Lipinski definition) is 5. The Labute approximate surface area is 184 Å². The maximum atomic E-state index is 13.7. The van der Waals surface area contributed by atoms with Crippen LogP contribution in [0.5, 0.6) is 0 Å². The van der Waals surface area contributed by atoms with E-state index >= 15 is 0 Å². The summed E-state index contributed by atoms with van der Waals surface area (Å²) in [5, 5.41) is 4.31. The van der Waals surface area contributed by atoms with E-state index in [0.717, 1.165) is 54.4 Å². The van der Waals surface area contributed by atoms with Crippen LogP contribution in [0.25, 0.3) is 11.0 Å². The van der Waals surface area contributed by atoms with E-state index in [1.54, 1.807) is 0 Å². The summed E-state index contributed by atoms with van der Waals surface area (Å²) in [6.07, 6.45) is 6.24. The third-order valence-electron chi connectivity index (χ3n) is 6.27. The van der Waals surface area contributed by atoms with Crippen molar-refractivity contribution in [2.45, 2.75) is 57.5 Å². The van der Waals surface area contributed by atoms with Gasteiger partial charge in [0.05, 0.1) is 0 Å². The van der Waals surface area contributed by atoms with Gasteiger partial charge in [0, 0.05) is 41.7 Å². The maximum absolute atomic E-state index is 13.7. The molecule has 2 aromatic heterocycles. The van der Waals surface area contributed by atoms with Gasteiger partial charge in [-0.25, -0.2) is 4.98 Å². The topological polar surface area (TPSA) is 63.1 Å². The largest absolute Gasteiger partial charge is 0.350 e. The lowest BCUT2D eigenvalue weighted by Crippen LogP contribution is -2.31. The molecule has 0 amide bonds. The molecule has 164 valence electrons. The SMILES string of the molecule is CC(CN(C)C)Nc1ncc2cc(C(C)c3ccccc3)c(=O)n(C3CCCC3)c2n1.